The van der Waals surface area contributed by atoms with Crippen LogP contribution in [0.15, 0.2) is 10.5 Å². The third-order valence-corrected chi connectivity index (χ3v) is 3.30. The zero-order valence-electron chi connectivity index (χ0n) is 10.7. The summed E-state index contributed by atoms with van der Waals surface area (Å²) in [5, 5.41) is 12.3. The van der Waals surface area contributed by atoms with Crippen molar-refractivity contribution >= 4 is 5.97 Å². The number of rotatable bonds is 4. The second kappa shape index (κ2) is 5.54. The van der Waals surface area contributed by atoms with E-state index >= 15 is 0 Å². The van der Waals surface area contributed by atoms with E-state index in [1.165, 1.54) is 0 Å². The summed E-state index contributed by atoms with van der Waals surface area (Å²) in [6.45, 7) is 5.28. The first-order valence-electron chi connectivity index (χ1n) is 6.24. The van der Waals surface area contributed by atoms with Crippen molar-refractivity contribution in [3.8, 4) is 0 Å². The lowest BCUT2D eigenvalue weighted by Crippen LogP contribution is -2.37. The molecule has 1 aliphatic heterocycles. The minimum atomic E-state index is -1.02. The Hall–Kier alpha value is -1.33. The molecular weight excluding hydrogens is 234 g/mol. The van der Waals surface area contributed by atoms with E-state index in [9.17, 15) is 4.79 Å². The highest BCUT2D eigenvalue weighted by atomic mass is 16.5. The monoisotopic (exact) mass is 253 g/mol. The summed E-state index contributed by atoms with van der Waals surface area (Å²) < 4.78 is 10.7. The van der Waals surface area contributed by atoms with E-state index in [2.05, 4.69) is 12.2 Å². The molecule has 1 saturated heterocycles. The summed E-state index contributed by atoms with van der Waals surface area (Å²) in [5.74, 6) is -0.353. The molecule has 0 spiro atoms. The average molecular weight is 253 g/mol. The standard InChI is InChI=1S/C13H19NO4/c1-8-5-11(3-4-17-8)14-7-10-6-12(13(15)16)18-9(10)2/h6,8,11,14H,3-5,7H2,1-2H3,(H,15,16). The molecule has 2 atom stereocenters. The number of carbonyl (C=O) groups is 1. The summed E-state index contributed by atoms with van der Waals surface area (Å²) in [7, 11) is 0. The van der Waals surface area contributed by atoms with Gasteiger partial charge in [-0.1, -0.05) is 0 Å². The van der Waals surface area contributed by atoms with E-state index in [1.54, 1.807) is 13.0 Å². The predicted molar refractivity (Wildman–Crippen MR) is 65.7 cm³/mol. The topological polar surface area (TPSA) is 71.7 Å². The Balaban J connectivity index is 1.91. The van der Waals surface area contributed by atoms with Gasteiger partial charge >= 0.3 is 5.97 Å². The Bertz CT molecular complexity index is 427. The van der Waals surface area contributed by atoms with E-state index in [1.807, 2.05) is 0 Å². The maximum atomic E-state index is 10.8. The Labute approximate surface area is 106 Å². The van der Waals surface area contributed by atoms with E-state index in [0.29, 0.717) is 18.3 Å². The van der Waals surface area contributed by atoms with Crippen LogP contribution in [0.3, 0.4) is 0 Å². The highest BCUT2D eigenvalue weighted by Crippen LogP contribution is 2.17. The lowest BCUT2D eigenvalue weighted by molar-refractivity contribution is 0.0130. The van der Waals surface area contributed by atoms with Gasteiger partial charge in [0.1, 0.15) is 5.76 Å². The molecule has 2 heterocycles. The molecule has 2 unspecified atom stereocenters. The highest BCUT2D eigenvalue weighted by molar-refractivity contribution is 5.84. The number of carboxylic acids is 1. The zero-order chi connectivity index (χ0) is 13.1. The Morgan fingerprint density at radius 3 is 3.00 bits per heavy atom. The molecule has 0 bridgehead atoms. The van der Waals surface area contributed by atoms with Crippen molar-refractivity contribution in [2.45, 2.75) is 45.4 Å². The molecule has 0 saturated carbocycles. The molecular formula is C13H19NO4. The highest BCUT2D eigenvalue weighted by Gasteiger charge is 2.20. The van der Waals surface area contributed by atoms with Crippen molar-refractivity contribution in [2.75, 3.05) is 6.61 Å². The van der Waals surface area contributed by atoms with E-state index < -0.39 is 5.97 Å². The molecule has 2 N–H and O–H groups in total. The Morgan fingerprint density at radius 2 is 2.39 bits per heavy atom. The molecule has 5 nitrogen and oxygen atoms in total. The first kappa shape index (κ1) is 13.1. The van der Waals surface area contributed by atoms with Gasteiger partial charge in [0.05, 0.1) is 6.10 Å². The van der Waals surface area contributed by atoms with Crippen LogP contribution < -0.4 is 5.32 Å². The smallest absolute Gasteiger partial charge is 0.371 e. The van der Waals surface area contributed by atoms with Crippen molar-refractivity contribution in [1.82, 2.24) is 5.32 Å². The van der Waals surface area contributed by atoms with Gasteiger partial charge in [0.2, 0.25) is 5.76 Å². The molecule has 1 fully saturated rings. The minimum Gasteiger partial charge on any atom is -0.475 e. The summed E-state index contributed by atoms with van der Waals surface area (Å²) in [6, 6.07) is 2.02. The maximum absolute atomic E-state index is 10.8. The predicted octanol–water partition coefficient (Wildman–Crippen LogP) is 1.94. The first-order chi connectivity index (χ1) is 8.56. The first-order valence-corrected chi connectivity index (χ1v) is 6.24. The number of ether oxygens (including phenoxy) is 1. The molecule has 0 radical (unpaired) electrons. The van der Waals surface area contributed by atoms with Gasteiger partial charge in [-0.15, -0.1) is 0 Å². The number of hydrogen-bond acceptors (Lipinski definition) is 4. The molecule has 1 aromatic heterocycles. The van der Waals surface area contributed by atoms with Crippen LogP contribution in [0.4, 0.5) is 0 Å². The SMILES string of the molecule is Cc1oc(C(=O)O)cc1CNC1CCOC(C)C1. The molecule has 0 amide bonds. The van der Waals surface area contributed by atoms with Gasteiger partial charge in [-0.2, -0.15) is 0 Å². The molecule has 5 heteroatoms. The summed E-state index contributed by atoms with van der Waals surface area (Å²) in [6.07, 6.45) is 2.27. The third-order valence-electron chi connectivity index (χ3n) is 3.30. The van der Waals surface area contributed by atoms with E-state index in [4.69, 9.17) is 14.3 Å². The number of aryl methyl sites for hydroxylation is 1. The number of carboxylic acid groups (broad SMARTS) is 1. The molecule has 0 aliphatic carbocycles. The van der Waals surface area contributed by atoms with Gasteiger partial charge in [0, 0.05) is 24.8 Å². The van der Waals surface area contributed by atoms with Crippen molar-refractivity contribution < 1.29 is 19.1 Å². The van der Waals surface area contributed by atoms with Crippen LogP contribution >= 0.6 is 0 Å². The Kier molecular flexibility index (Phi) is 4.04. The van der Waals surface area contributed by atoms with Crippen LogP contribution in [0, 0.1) is 6.92 Å². The average Bonchev–Trinajstić information content (AvgIpc) is 2.68. The quantitative estimate of drug-likeness (QED) is 0.858. The summed E-state index contributed by atoms with van der Waals surface area (Å²) in [5.41, 5.74) is 0.909. The van der Waals surface area contributed by atoms with Gasteiger partial charge in [-0.25, -0.2) is 4.79 Å². The van der Waals surface area contributed by atoms with Crippen LogP contribution in [0.5, 0.6) is 0 Å². The Morgan fingerprint density at radius 1 is 1.61 bits per heavy atom. The third kappa shape index (κ3) is 3.11. The second-order valence-electron chi connectivity index (χ2n) is 4.78. The fraction of sp³-hybridized carbons (Fsp3) is 0.615. The fourth-order valence-corrected chi connectivity index (χ4v) is 2.24. The summed E-state index contributed by atoms with van der Waals surface area (Å²) in [4.78, 5) is 10.8. The lowest BCUT2D eigenvalue weighted by Gasteiger charge is -2.28. The van der Waals surface area contributed by atoms with Crippen LogP contribution in [-0.2, 0) is 11.3 Å². The van der Waals surface area contributed by atoms with Crippen LogP contribution in [-0.4, -0.2) is 29.8 Å². The number of aromatic carboxylic acids is 1. The number of furan rings is 1. The molecule has 1 aliphatic rings. The molecule has 0 aromatic carbocycles. The van der Waals surface area contributed by atoms with Gasteiger partial charge in [0.15, 0.2) is 0 Å². The maximum Gasteiger partial charge on any atom is 0.371 e. The van der Waals surface area contributed by atoms with Crippen LogP contribution in [0.25, 0.3) is 0 Å². The van der Waals surface area contributed by atoms with Gasteiger partial charge in [0.25, 0.3) is 0 Å². The van der Waals surface area contributed by atoms with Gasteiger partial charge in [-0.05, 0) is 32.8 Å². The summed E-state index contributed by atoms with van der Waals surface area (Å²) >= 11 is 0. The molecule has 1 aromatic rings. The lowest BCUT2D eigenvalue weighted by atomic mass is 10.0. The van der Waals surface area contributed by atoms with Crippen molar-refractivity contribution in [3.63, 3.8) is 0 Å². The van der Waals surface area contributed by atoms with E-state index in [-0.39, 0.29) is 11.9 Å². The second-order valence-corrected chi connectivity index (χ2v) is 4.78. The van der Waals surface area contributed by atoms with Gasteiger partial charge < -0.3 is 19.6 Å². The normalized spacial score (nSPS) is 24.1. The number of hydrogen-bond donors (Lipinski definition) is 2. The van der Waals surface area contributed by atoms with Gasteiger partial charge in [-0.3, -0.25) is 0 Å². The fourth-order valence-electron chi connectivity index (χ4n) is 2.24. The molecule has 2 rings (SSSR count). The van der Waals surface area contributed by atoms with Crippen molar-refractivity contribution in [2.24, 2.45) is 0 Å². The van der Waals surface area contributed by atoms with Crippen LogP contribution in [0.1, 0.15) is 41.6 Å². The number of nitrogens with one attached hydrogen (secondary N) is 1. The molecule has 18 heavy (non-hydrogen) atoms. The van der Waals surface area contributed by atoms with Crippen molar-refractivity contribution in [1.29, 1.82) is 0 Å². The van der Waals surface area contributed by atoms with Crippen LogP contribution in [0.2, 0.25) is 0 Å². The largest absolute Gasteiger partial charge is 0.475 e. The van der Waals surface area contributed by atoms with E-state index in [0.717, 1.165) is 25.0 Å². The zero-order valence-corrected chi connectivity index (χ0v) is 10.7. The minimum absolute atomic E-state index is 0.00430. The van der Waals surface area contributed by atoms with Crippen molar-refractivity contribution in [3.05, 3.63) is 23.2 Å². The molecule has 100 valence electrons.